The first-order valence-electron chi connectivity index (χ1n) is 15.1. The predicted octanol–water partition coefficient (Wildman–Crippen LogP) is 5.80. The number of likely N-dealkylation sites (N-methyl/N-ethyl adjacent to an activating group) is 1. The molecule has 0 heterocycles. The van der Waals surface area contributed by atoms with E-state index in [2.05, 4.69) is 10.6 Å². The van der Waals surface area contributed by atoms with Gasteiger partial charge >= 0.3 is 18.1 Å². The van der Waals surface area contributed by atoms with Gasteiger partial charge in [-0.25, -0.2) is 9.59 Å². The molecule has 47 heavy (non-hydrogen) atoms. The Morgan fingerprint density at radius 3 is 1.72 bits per heavy atom. The maximum Gasteiger partial charge on any atom is 0.490 e. The van der Waals surface area contributed by atoms with Gasteiger partial charge in [0.05, 0.1) is 12.1 Å². The van der Waals surface area contributed by atoms with Crippen LogP contribution in [0.2, 0.25) is 0 Å². The first kappa shape index (κ1) is 40.8. The molecule has 0 saturated carbocycles. The highest BCUT2D eigenvalue weighted by Gasteiger charge is 2.42. The normalized spacial score (nSPS) is 14.3. The van der Waals surface area contributed by atoms with Crippen molar-refractivity contribution in [3.05, 3.63) is 83.4 Å². The van der Waals surface area contributed by atoms with E-state index < -0.39 is 47.1 Å². The van der Waals surface area contributed by atoms with E-state index in [4.69, 9.17) is 9.90 Å². The molecule has 0 aliphatic rings. The van der Waals surface area contributed by atoms with Crippen molar-refractivity contribution >= 4 is 23.8 Å². The number of hydrogen-bond acceptors (Lipinski definition) is 5. The lowest BCUT2D eigenvalue weighted by Crippen LogP contribution is -2.62. The second-order valence-corrected chi connectivity index (χ2v) is 13.3. The Morgan fingerprint density at radius 1 is 0.851 bits per heavy atom. The van der Waals surface area contributed by atoms with Crippen LogP contribution in [0.4, 0.5) is 13.2 Å². The number of aliphatic carboxylic acids is 2. The standard InChI is InChI=1S/C33H47N3O4.C2HF3O2/c1-22(2)26(20-23(3)31(39)40)36(9)30(38)28(32(4,5)6)35-29(37)27(34-21-24-16-12-10-13-17-24)33(7,8)25-18-14-11-15-19-25;3-2(4,5)1(6)7/h10-20,22,26-28,34H,21H2,1-9H3,(H,35,37)(H,39,40);(H,6,7)/b23-20+;/t26-,27-,28-;/m1./s1. The molecule has 0 fully saturated rings. The maximum absolute atomic E-state index is 14.1. The van der Waals surface area contributed by atoms with Crippen LogP contribution in [0.15, 0.2) is 72.3 Å². The van der Waals surface area contributed by atoms with Gasteiger partial charge in [-0.2, -0.15) is 13.2 Å². The van der Waals surface area contributed by atoms with E-state index in [1.807, 2.05) is 109 Å². The second kappa shape index (κ2) is 17.1. The van der Waals surface area contributed by atoms with Gasteiger partial charge in [0.15, 0.2) is 0 Å². The zero-order valence-electron chi connectivity index (χ0n) is 28.5. The SMILES string of the molecule is C/C(=C\[C@H](C(C)C)N(C)C(=O)[C@@H](NC(=O)[C@@H](NCc1ccccc1)C(C)(C)c1ccccc1)C(C)(C)C)C(=O)O.O=C(O)C(F)(F)F. The molecule has 2 aromatic rings. The summed E-state index contributed by atoms with van der Waals surface area (Å²) < 4.78 is 31.7. The third kappa shape index (κ3) is 12.5. The molecule has 0 aliphatic heterocycles. The lowest BCUT2D eigenvalue weighted by molar-refractivity contribution is -0.192. The molecule has 4 N–H and O–H groups in total. The Labute approximate surface area is 275 Å². The quantitative estimate of drug-likeness (QED) is 0.211. The molecule has 0 aromatic heterocycles. The van der Waals surface area contributed by atoms with Crippen molar-refractivity contribution in [2.24, 2.45) is 11.3 Å². The summed E-state index contributed by atoms with van der Waals surface area (Å²) in [6.07, 6.45) is -3.48. The highest BCUT2D eigenvalue weighted by atomic mass is 19.4. The Kier molecular flexibility index (Phi) is 14.9. The van der Waals surface area contributed by atoms with Crippen LogP contribution in [-0.4, -0.2) is 70.2 Å². The molecule has 2 rings (SSSR count). The number of rotatable bonds is 12. The third-order valence-electron chi connectivity index (χ3n) is 7.73. The molecule has 260 valence electrons. The van der Waals surface area contributed by atoms with Gasteiger partial charge in [0.1, 0.15) is 6.04 Å². The number of amides is 2. The molecular formula is C35H48F3N3O6. The molecule has 3 atom stereocenters. The zero-order chi connectivity index (χ0) is 36.3. The van der Waals surface area contributed by atoms with Gasteiger partial charge < -0.3 is 25.7 Å². The summed E-state index contributed by atoms with van der Waals surface area (Å²) in [5, 5.41) is 23.1. The smallest absolute Gasteiger partial charge is 0.478 e. The zero-order valence-corrected chi connectivity index (χ0v) is 28.5. The Bertz CT molecular complexity index is 1370. The molecule has 0 radical (unpaired) electrons. The fraction of sp³-hybridized carbons (Fsp3) is 0.486. The molecule has 2 amide bonds. The summed E-state index contributed by atoms with van der Waals surface area (Å²) in [7, 11) is 1.67. The number of hydrogen-bond donors (Lipinski definition) is 4. The second-order valence-electron chi connectivity index (χ2n) is 13.3. The Morgan fingerprint density at radius 2 is 1.32 bits per heavy atom. The molecule has 9 nitrogen and oxygen atoms in total. The van der Waals surface area contributed by atoms with Crippen LogP contribution >= 0.6 is 0 Å². The van der Waals surface area contributed by atoms with Crippen LogP contribution in [0, 0.1) is 11.3 Å². The van der Waals surface area contributed by atoms with E-state index in [0.717, 1.165) is 11.1 Å². The molecule has 12 heteroatoms. The van der Waals surface area contributed by atoms with Crippen molar-refractivity contribution < 1.29 is 42.6 Å². The minimum atomic E-state index is -5.08. The number of carboxylic acid groups (broad SMARTS) is 2. The average Bonchev–Trinajstić information content (AvgIpc) is 2.97. The third-order valence-corrected chi connectivity index (χ3v) is 7.73. The lowest BCUT2D eigenvalue weighted by atomic mass is 9.76. The molecule has 0 saturated heterocycles. The van der Waals surface area contributed by atoms with E-state index in [1.165, 1.54) is 6.92 Å². The monoisotopic (exact) mass is 663 g/mol. The summed E-state index contributed by atoms with van der Waals surface area (Å²) >= 11 is 0. The van der Waals surface area contributed by atoms with Gasteiger partial charge in [0, 0.05) is 24.6 Å². The van der Waals surface area contributed by atoms with Crippen LogP contribution in [-0.2, 0) is 31.1 Å². The van der Waals surface area contributed by atoms with Crippen molar-refractivity contribution in [2.75, 3.05) is 7.05 Å². The number of carbonyl (C=O) groups excluding carboxylic acids is 2. The van der Waals surface area contributed by atoms with Gasteiger partial charge in [-0.15, -0.1) is 0 Å². The van der Waals surface area contributed by atoms with Crippen LogP contribution in [0.25, 0.3) is 0 Å². The number of alkyl halides is 3. The molecule has 0 aliphatic carbocycles. The number of nitrogens with zero attached hydrogens (tertiary/aromatic N) is 1. The molecule has 2 aromatic carbocycles. The molecule has 0 bridgehead atoms. The van der Waals surface area contributed by atoms with Gasteiger partial charge in [-0.05, 0) is 29.4 Å². The van der Waals surface area contributed by atoms with Crippen LogP contribution in [0.5, 0.6) is 0 Å². The Hall–Kier alpha value is -4.19. The van der Waals surface area contributed by atoms with Crippen molar-refractivity contribution in [3.8, 4) is 0 Å². The number of carboxylic acids is 2. The highest BCUT2D eigenvalue weighted by Crippen LogP contribution is 2.29. The van der Waals surface area contributed by atoms with E-state index in [0.29, 0.717) is 6.54 Å². The number of carbonyl (C=O) groups is 4. The largest absolute Gasteiger partial charge is 0.490 e. The molecular weight excluding hydrogens is 615 g/mol. The van der Waals surface area contributed by atoms with Crippen molar-refractivity contribution in [1.29, 1.82) is 0 Å². The minimum absolute atomic E-state index is 0.0307. The molecule has 0 unspecified atom stereocenters. The van der Waals surface area contributed by atoms with Crippen molar-refractivity contribution in [1.82, 2.24) is 15.5 Å². The summed E-state index contributed by atoms with van der Waals surface area (Å²) in [6, 6.07) is 17.8. The fourth-order valence-electron chi connectivity index (χ4n) is 4.83. The Balaban J connectivity index is 0.00000141. The van der Waals surface area contributed by atoms with E-state index in [-0.39, 0.29) is 23.3 Å². The number of nitrogens with one attached hydrogen (secondary N) is 2. The lowest BCUT2D eigenvalue weighted by Gasteiger charge is -2.40. The van der Waals surface area contributed by atoms with Crippen molar-refractivity contribution in [3.63, 3.8) is 0 Å². The first-order chi connectivity index (χ1) is 21.5. The van der Waals surface area contributed by atoms with Crippen LogP contribution < -0.4 is 10.6 Å². The number of benzene rings is 2. The fourth-order valence-corrected chi connectivity index (χ4v) is 4.83. The van der Waals surface area contributed by atoms with E-state index in [1.54, 1.807) is 18.0 Å². The predicted molar refractivity (Wildman–Crippen MR) is 174 cm³/mol. The minimum Gasteiger partial charge on any atom is -0.478 e. The van der Waals surface area contributed by atoms with Crippen molar-refractivity contribution in [2.45, 2.75) is 91.7 Å². The topological polar surface area (TPSA) is 136 Å². The van der Waals surface area contributed by atoms with Crippen LogP contribution in [0.1, 0.15) is 66.5 Å². The summed E-state index contributed by atoms with van der Waals surface area (Å²) in [5.41, 5.74) is 1.02. The highest BCUT2D eigenvalue weighted by molar-refractivity contribution is 5.91. The van der Waals surface area contributed by atoms with Gasteiger partial charge in [-0.1, -0.05) is 115 Å². The van der Waals surface area contributed by atoms with Gasteiger partial charge in [0.25, 0.3) is 0 Å². The van der Waals surface area contributed by atoms with Gasteiger partial charge in [0.2, 0.25) is 11.8 Å². The van der Waals surface area contributed by atoms with Gasteiger partial charge in [-0.3, -0.25) is 9.59 Å². The van der Waals surface area contributed by atoms with Crippen LogP contribution in [0.3, 0.4) is 0 Å². The molecule has 0 spiro atoms. The van der Waals surface area contributed by atoms with E-state index in [9.17, 15) is 32.7 Å². The maximum atomic E-state index is 14.1. The summed E-state index contributed by atoms with van der Waals surface area (Å²) in [5.74, 6) is -4.36. The first-order valence-corrected chi connectivity index (χ1v) is 15.1. The van der Waals surface area contributed by atoms with E-state index >= 15 is 0 Å². The summed E-state index contributed by atoms with van der Waals surface area (Å²) in [6.45, 7) is 15.7. The summed E-state index contributed by atoms with van der Waals surface area (Å²) in [4.78, 5) is 50.0. The average molecular weight is 664 g/mol. The number of halogens is 3.